The summed E-state index contributed by atoms with van der Waals surface area (Å²) in [7, 11) is 0. The minimum Gasteiger partial charge on any atom is -0.354 e. The number of carbonyl (C=O) groups is 2. The van der Waals surface area contributed by atoms with Crippen molar-refractivity contribution < 1.29 is 9.59 Å². The zero-order valence-corrected chi connectivity index (χ0v) is 20.1. The summed E-state index contributed by atoms with van der Waals surface area (Å²) in [5, 5.41) is 3.89. The Morgan fingerprint density at radius 1 is 1.00 bits per heavy atom. The summed E-state index contributed by atoms with van der Waals surface area (Å²) < 4.78 is 0. The van der Waals surface area contributed by atoms with Crippen molar-refractivity contribution in [3.63, 3.8) is 0 Å². The van der Waals surface area contributed by atoms with Crippen molar-refractivity contribution in [2.45, 2.75) is 65.5 Å². The normalized spacial score (nSPS) is 11.8. The van der Waals surface area contributed by atoms with Crippen LogP contribution in [-0.2, 0) is 29.0 Å². The molecule has 0 aliphatic carbocycles. The minimum absolute atomic E-state index is 0.103. The number of hydrogen-bond acceptors (Lipinski definition) is 2. The minimum atomic E-state index is -0.626. The molecule has 2 aromatic rings. The lowest BCUT2D eigenvalue weighted by Crippen LogP contribution is -2.48. The van der Waals surface area contributed by atoms with Gasteiger partial charge in [0.1, 0.15) is 6.04 Å². The van der Waals surface area contributed by atoms with Crippen molar-refractivity contribution in [1.82, 2.24) is 10.2 Å². The molecule has 2 amide bonds. The Bertz CT molecular complexity index is 848. The number of rotatable bonds is 11. The van der Waals surface area contributed by atoms with Crippen molar-refractivity contribution in [2.24, 2.45) is 0 Å². The van der Waals surface area contributed by atoms with Crippen molar-refractivity contribution in [2.75, 3.05) is 6.54 Å². The third kappa shape index (κ3) is 7.55. The number of aryl methyl sites for hydroxylation is 2. The topological polar surface area (TPSA) is 49.4 Å². The van der Waals surface area contributed by atoms with Crippen LogP contribution in [0, 0.1) is 0 Å². The molecule has 31 heavy (non-hydrogen) atoms. The number of benzene rings is 2. The first-order chi connectivity index (χ1) is 14.9. The zero-order valence-electron chi connectivity index (χ0n) is 18.6. The van der Waals surface area contributed by atoms with E-state index in [1.165, 1.54) is 5.56 Å². The summed E-state index contributed by atoms with van der Waals surface area (Å²) in [6.45, 7) is 6.72. The lowest BCUT2D eigenvalue weighted by molar-refractivity contribution is -0.140. The van der Waals surface area contributed by atoms with Gasteiger partial charge in [0.25, 0.3) is 0 Å². The molecule has 0 aliphatic heterocycles. The van der Waals surface area contributed by atoms with Gasteiger partial charge in [0.05, 0.1) is 0 Å². The van der Waals surface area contributed by atoms with E-state index in [0.717, 1.165) is 24.8 Å². The van der Waals surface area contributed by atoms with E-state index in [4.69, 9.17) is 23.2 Å². The third-order valence-corrected chi connectivity index (χ3v) is 6.15. The van der Waals surface area contributed by atoms with Gasteiger partial charge in [-0.3, -0.25) is 9.59 Å². The van der Waals surface area contributed by atoms with Crippen LogP contribution in [-0.4, -0.2) is 29.3 Å². The van der Waals surface area contributed by atoms with Crippen LogP contribution in [0.2, 0.25) is 10.0 Å². The molecule has 0 saturated heterocycles. The van der Waals surface area contributed by atoms with Crippen LogP contribution < -0.4 is 5.32 Å². The predicted octanol–water partition coefficient (Wildman–Crippen LogP) is 5.82. The van der Waals surface area contributed by atoms with Gasteiger partial charge >= 0.3 is 0 Å². The van der Waals surface area contributed by atoms with Crippen molar-refractivity contribution in [3.05, 3.63) is 69.2 Å². The standard InChI is InChI=1S/C25H32Cl2N2O2/c1-4-6-16-28-25(31)18(3)29(17-21-22(26)8-7-9-23(21)27)24(30)15-14-20-12-10-19(5-2)11-13-20/h7-13,18H,4-6,14-17H2,1-3H3,(H,28,31). The molecule has 168 valence electrons. The third-order valence-electron chi connectivity index (χ3n) is 5.45. The molecule has 4 nitrogen and oxygen atoms in total. The summed E-state index contributed by atoms with van der Waals surface area (Å²) >= 11 is 12.7. The van der Waals surface area contributed by atoms with Gasteiger partial charge in [0.15, 0.2) is 0 Å². The van der Waals surface area contributed by atoms with Gasteiger partial charge in [0, 0.05) is 35.1 Å². The quantitative estimate of drug-likeness (QED) is 0.427. The Balaban J connectivity index is 2.16. The average Bonchev–Trinajstić information content (AvgIpc) is 2.77. The lowest BCUT2D eigenvalue weighted by atomic mass is 10.0. The van der Waals surface area contributed by atoms with Gasteiger partial charge in [-0.05, 0) is 49.4 Å². The average molecular weight is 463 g/mol. The molecule has 1 unspecified atom stereocenters. The molecule has 6 heteroatoms. The number of unbranched alkanes of at least 4 members (excludes halogenated alkanes) is 1. The molecular weight excluding hydrogens is 431 g/mol. The maximum Gasteiger partial charge on any atom is 0.242 e. The van der Waals surface area contributed by atoms with E-state index in [1.807, 2.05) is 0 Å². The van der Waals surface area contributed by atoms with Gasteiger partial charge in [-0.2, -0.15) is 0 Å². The number of halogens is 2. The van der Waals surface area contributed by atoms with E-state index in [0.29, 0.717) is 35.0 Å². The molecule has 0 aliphatic rings. The largest absolute Gasteiger partial charge is 0.354 e. The molecule has 0 radical (unpaired) electrons. The first kappa shape index (κ1) is 25.2. The van der Waals surface area contributed by atoms with E-state index in [-0.39, 0.29) is 18.4 Å². The predicted molar refractivity (Wildman–Crippen MR) is 129 cm³/mol. The molecular formula is C25H32Cl2N2O2. The molecule has 2 rings (SSSR count). The van der Waals surface area contributed by atoms with Crippen LogP contribution >= 0.6 is 23.2 Å². The number of nitrogens with one attached hydrogen (secondary N) is 1. The second kappa shape index (κ2) is 12.7. The van der Waals surface area contributed by atoms with Crippen molar-refractivity contribution in [3.8, 4) is 0 Å². The summed E-state index contributed by atoms with van der Waals surface area (Å²) in [5.41, 5.74) is 3.02. The number of nitrogens with zero attached hydrogens (tertiary/aromatic N) is 1. The summed E-state index contributed by atoms with van der Waals surface area (Å²) in [6, 6.07) is 12.9. The number of hydrogen-bond donors (Lipinski definition) is 1. The van der Waals surface area contributed by atoms with Gasteiger partial charge < -0.3 is 10.2 Å². The molecule has 0 heterocycles. The summed E-state index contributed by atoms with van der Waals surface area (Å²) in [6.07, 6.45) is 3.79. The van der Waals surface area contributed by atoms with E-state index in [9.17, 15) is 9.59 Å². The molecule has 0 saturated carbocycles. The molecule has 1 atom stereocenters. The Kier molecular flexibility index (Phi) is 10.4. The smallest absolute Gasteiger partial charge is 0.242 e. The maximum atomic E-state index is 13.2. The first-order valence-electron chi connectivity index (χ1n) is 10.9. The lowest BCUT2D eigenvalue weighted by Gasteiger charge is -2.29. The number of amides is 2. The van der Waals surface area contributed by atoms with Crippen LogP contribution in [0.5, 0.6) is 0 Å². The SMILES string of the molecule is CCCCNC(=O)C(C)N(Cc1c(Cl)cccc1Cl)C(=O)CCc1ccc(CC)cc1. The Labute approximate surface area is 195 Å². The van der Waals surface area contributed by atoms with E-state index in [1.54, 1.807) is 30.0 Å². The highest BCUT2D eigenvalue weighted by atomic mass is 35.5. The highest BCUT2D eigenvalue weighted by Crippen LogP contribution is 2.27. The molecule has 0 aromatic heterocycles. The van der Waals surface area contributed by atoms with Gasteiger partial charge in [0.2, 0.25) is 11.8 Å². The molecule has 1 N–H and O–H groups in total. The van der Waals surface area contributed by atoms with Crippen LogP contribution in [0.4, 0.5) is 0 Å². The molecule has 0 fully saturated rings. The van der Waals surface area contributed by atoms with E-state index < -0.39 is 6.04 Å². The van der Waals surface area contributed by atoms with Gasteiger partial charge in [-0.15, -0.1) is 0 Å². The van der Waals surface area contributed by atoms with Crippen LogP contribution in [0.1, 0.15) is 56.7 Å². The fourth-order valence-corrected chi connectivity index (χ4v) is 3.83. The van der Waals surface area contributed by atoms with Gasteiger partial charge in [-0.25, -0.2) is 0 Å². The Morgan fingerprint density at radius 2 is 1.61 bits per heavy atom. The monoisotopic (exact) mass is 462 g/mol. The molecule has 0 spiro atoms. The highest BCUT2D eigenvalue weighted by Gasteiger charge is 2.27. The summed E-state index contributed by atoms with van der Waals surface area (Å²) in [5.74, 6) is -0.272. The van der Waals surface area contributed by atoms with Crippen LogP contribution in [0.15, 0.2) is 42.5 Å². The second-order valence-electron chi connectivity index (χ2n) is 7.71. The van der Waals surface area contributed by atoms with E-state index >= 15 is 0 Å². The fraction of sp³-hybridized carbons (Fsp3) is 0.440. The fourth-order valence-electron chi connectivity index (χ4n) is 3.31. The highest BCUT2D eigenvalue weighted by molar-refractivity contribution is 6.36. The molecule has 2 aromatic carbocycles. The van der Waals surface area contributed by atoms with Gasteiger partial charge in [-0.1, -0.05) is 73.8 Å². The van der Waals surface area contributed by atoms with Crippen LogP contribution in [0.3, 0.4) is 0 Å². The zero-order chi connectivity index (χ0) is 22.8. The number of carbonyl (C=O) groups excluding carboxylic acids is 2. The first-order valence-corrected chi connectivity index (χ1v) is 11.7. The van der Waals surface area contributed by atoms with Crippen LogP contribution in [0.25, 0.3) is 0 Å². The maximum absolute atomic E-state index is 13.2. The van der Waals surface area contributed by atoms with Crippen molar-refractivity contribution >= 4 is 35.0 Å². The van der Waals surface area contributed by atoms with Crippen molar-refractivity contribution in [1.29, 1.82) is 0 Å². The van der Waals surface area contributed by atoms with E-state index in [2.05, 4.69) is 43.4 Å². The Morgan fingerprint density at radius 3 is 2.19 bits per heavy atom. The summed E-state index contributed by atoms with van der Waals surface area (Å²) in [4.78, 5) is 27.5. The Hall–Kier alpha value is -2.04. The second-order valence-corrected chi connectivity index (χ2v) is 8.53. The molecule has 0 bridgehead atoms.